The van der Waals surface area contributed by atoms with Crippen molar-refractivity contribution in [1.82, 2.24) is 14.7 Å². The molecule has 1 aliphatic heterocycles. The van der Waals surface area contributed by atoms with Gasteiger partial charge in [-0.3, -0.25) is 14.4 Å². The van der Waals surface area contributed by atoms with E-state index >= 15 is 0 Å². The van der Waals surface area contributed by atoms with Crippen molar-refractivity contribution in [1.29, 1.82) is 0 Å². The van der Waals surface area contributed by atoms with Crippen LogP contribution in [0.4, 0.5) is 5.82 Å². The molecule has 1 aromatic heterocycles. The van der Waals surface area contributed by atoms with Gasteiger partial charge in [-0.15, -0.1) is 0 Å². The molecule has 1 aromatic rings. The Balaban J connectivity index is 2.18. The molecule has 6 nitrogen and oxygen atoms in total. The lowest BCUT2D eigenvalue weighted by Gasteiger charge is -2.33. The third kappa shape index (κ3) is 2.33. The monoisotopic (exact) mass is 251 g/mol. The van der Waals surface area contributed by atoms with Crippen LogP contribution in [-0.2, 0) is 18.4 Å². The highest BCUT2D eigenvalue weighted by Gasteiger charge is 2.28. The number of hydrogen-bond donors (Lipinski definition) is 2. The molecule has 6 heteroatoms. The van der Waals surface area contributed by atoms with E-state index in [1.54, 1.807) is 4.68 Å². The summed E-state index contributed by atoms with van der Waals surface area (Å²) in [5.41, 5.74) is 13.4. The van der Waals surface area contributed by atoms with Crippen LogP contribution in [0.25, 0.3) is 0 Å². The fourth-order valence-corrected chi connectivity index (χ4v) is 2.62. The lowest BCUT2D eigenvalue weighted by atomic mass is 10.0. The van der Waals surface area contributed by atoms with Crippen LogP contribution < -0.4 is 11.5 Å². The van der Waals surface area contributed by atoms with E-state index in [2.05, 4.69) is 10.00 Å². The van der Waals surface area contributed by atoms with E-state index < -0.39 is 0 Å². The van der Waals surface area contributed by atoms with Crippen LogP contribution >= 0.6 is 0 Å². The minimum absolute atomic E-state index is 0.169. The van der Waals surface area contributed by atoms with Crippen molar-refractivity contribution in [2.75, 3.05) is 12.3 Å². The van der Waals surface area contributed by atoms with Crippen LogP contribution in [0.15, 0.2) is 0 Å². The van der Waals surface area contributed by atoms with Crippen molar-refractivity contribution in [3.8, 4) is 0 Å². The van der Waals surface area contributed by atoms with Crippen molar-refractivity contribution in [2.24, 2.45) is 12.8 Å². The van der Waals surface area contributed by atoms with Gasteiger partial charge in [-0.1, -0.05) is 6.42 Å². The maximum absolute atomic E-state index is 11.5. The fourth-order valence-electron chi connectivity index (χ4n) is 2.62. The van der Waals surface area contributed by atoms with Crippen LogP contribution in [0.1, 0.15) is 30.5 Å². The number of aromatic nitrogens is 2. The highest BCUT2D eigenvalue weighted by Crippen LogP contribution is 2.23. The maximum Gasteiger partial charge on any atom is 0.234 e. The molecule has 100 valence electrons. The predicted molar refractivity (Wildman–Crippen MR) is 69.6 cm³/mol. The molecule has 0 bridgehead atoms. The molecule has 4 N–H and O–H groups in total. The minimum Gasteiger partial charge on any atom is -0.384 e. The largest absolute Gasteiger partial charge is 0.384 e. The highest BCUT2D eigenvalue weighted by atomic mass is 16.1. The number of carbonyl (C=O) groups excluding carboxylic acids is 1. The van der Waals surface area contributed by atoms with Gasteiger partial charge in [-0.05, 0) is 26.3 Å². The summed E-state index contributed by atoms with van der Waals surface area (Å²) >= 11 is 0. The Morgan fingerprint density at radius 1 is 1.50 bits per heavy atom. The second kappa shape index (κ2) is 4.97. The zero-order valence-electron chi connectivity index (χ0n) is 11.0. The quantitative estimate of drug-likeness (QED) is 0.800. The van der Waals surface area contributed by atoms with Gasteiger partial charge in [0, 0.05) is 19.2 Å². The molecule has 18 heavy (non-hydrogen) atoms. The number of anilines is 1. The molecule has 0 spiro atoms. The Kier molecular flexibility index (Phi) is 3.56. The van der Waals surface area contributed by atoms with Gasteiger partial charge in [-0.2, -0.15) is 5.10 Å². The number of nitrogens with zero attached hydrogens (tertiary/aromatic N) is 3. The summed E-state index contributed by atoms with van der Waals surface area (Å²) in [6, 6.07) is -0.169. The molecule has 0 aromatic carbocycles. The first kappa shape index (κ1) is 12.9. The first-order valence-corrected chi connectivity index (χ1v) is 6.32. The summed E-state index contributed by atoms with van der Waals surface area (Å²) in [7, 11) is 1.83. The van der Waals surface area contributed by atoms with E-state index in [1.165, 1.54) is 0 Å². The molecule has 0 saturated carbocycles. The molecule has 1 saturated heterocycles. The van der Waals surface area contributed by atoms with Gasteiger partial charge in [0.1, 0.15) is 5.82 Å². The second-order valence-corrected chi connectivity index (χ2v) is 4.96. The van der Waals surface area contributed by atoms with Crippen molar-refractivity contribution in [3.05, 3.63) is 11.3 Å². The Bertz CT molecular complexity index is 454. The lowest BCUT2D eigenvalue weighted by molar-refractivity contribution is -0.124. The van der Waals surface area contributed by atoms with Crippen LogP contribution in [0.5, 0.6) is 0 Å². The van der Waals surface area contributed by atoms with Crippen molar-refractivity contribution < 1.29 is 4.79 Å². The average molecular weight is 251 g/mol. The van der Waals surface area contributed by atoms with Gasteiger partial charge in [0.15, 0.2) is 0 Å². The third-order valence-electron chi connectivity index (χ3n) is 3.70. The topological polar surface area (TPSA) is 90.2 Å². The molecule has 1 amide bonds. The summed E-state index contributed by atoms with van der Waals surface area (Å²) in [6.45, 7) is 3.48. The van der Waals surface area contributed by atoms with E-state index in [4.69, 9.17) is 11.5 Å². The van der Waals surface area contributed by atoms with Crippen molar-refractivity contribution in [3.63, 3.8) is 0 Å². The molecule has 1 aliphatic rings. The van der Waals surface area contributed by atoms with Crippen LogP contribution in [0.3, 0.4) is 0 Å². The van der Waals surface area contributed by atoms with Gasteiger partial charge >= 0.3 is 0 Å². The maximum atomic E-state index is 11.5. The number of nitrogens with two attached hydrogens (primary N) is 2. The molecular weight excluding hydrogens is 230 g/mol. The molecule has 0 aliphatic carbocycles. The Morgan fingerprint density at radius 3 is 2.78 bits per heavy atom. The normalized spacial score (nSPS) is 21.1. The third-order valence-corrected chi connectivity index (χ3v) is 3.70. The van der Waals surface area contributed by atoms with Crippen LogP contribution in [0.2, 0.25) is 0 Å². The van der Waals surface area contributed by atoms with E-state index in [0.717, 1.165) is 37.1 Å². The predicted octanol–water partition coefficient (Wildman–Crippen LogP) is 0.151. The number of piperidine rings is 1. The first-order valence-electron chi connectivity index (χ1n) is 6.32. The van der Waals surface area contributed by atoms with E-state index in [1.807, 2.05) is 14.0 Å². The standard InChI is InChI=1S/C12H21N5O/c1-8-9(11(13)16(2)15-8)7-17-6-4-3-5-10(17)12(14)18/h10H,3-7,13H2,1-2H3,(H2,14,18). The Labute approximate surface area is 107 Å². The van der Waals surface area contributed by atoms with Gasteiger partial charge in [0.25, 0.3) is 0 Å². The zero-order valence-corrected chi connectivity index (χ0v) is 11.0. The summed E-state index contributed by atoms with van der Waals surface area (Å²) < 4.78 is 1.67. The molecule has 0 radical (unpaired) electrons. The summed E-state index contributed by atoms with van der Waals surface area (Å²) in [5.74, 6) is 0.427. The number of carbonyl (C=O) groups is 1. The number of nitrogen functional groups attached to an aromatic ring is 1. The van der Waals surface area contributed by atoms with Gasteiger partial charge in [-0.25, -0.2) is 0 Å². The average Bonchev–Trinajstić information content (AvgIpc) is 2.56. The summed E-state index contributed by atoms with van der Waals surface area (Å²) in [5, 5.41) is 4.29. The lowest BCUT2D eigenvalue weighted by Crippen LogP contribution is -2.47. The van der Waals surface area contributed by atoms with E-state index in [9.17, 15) is 4.79 Å². The molecular formula is C12H21N5O. The molecule has 1 unspecified atom stereocenters. The second-order valence-electron chi connectivity index (χ2n) is 4.96. The SMILES string of the molecule is Cc1nn(C)c(N)c1CN1CCCCC1C(N)=O. The van der Waals surface area contributed by atoms with Crippen molar-refractivity contribution in [2.45, 2.75) is 38.8 Å². The minimum atomic E-state index is -0.241. The van der Waals surface area contributed by atoms with Gasteiger partial charge < -0.3 is 11.5 Å². The number of rotatable bonds is 3. The zero-order chi connectivity index (χ0) is 13.3. The number of aryl methyl sites for hydroxylation is 2. The summed E-state index contributed by atoms with van der Waals surface area (Å²) in [4.78, 5) is 13.6. The number of likely N-dealkylation sites (tertiary alicyclic amines) is 1. The summed E-state index contributed by atoms with van der Waals surface area (Å²) in [6.07, 6.45) is 3.00. The smallest absolute Gasteiger partial charge is 0.234 e. The first-order chi connectivity index (χ1) is 8.50. The number of amides is 1. The molecule has 1 fully saturated rings. The van der Waals surface area contributed by atoms with Crippen LogP contribution in [0, 0.1) is 6.92 Å². The fraction of sp³-hybridized carbons (Fsp3) is 0.667. The van der Waals surface area contributed by atoms with Gasteiger partial charge in [0.2, 0.25) is 5.91 Å². The highest BCUT2D eigenvalue weighted by molar-refractivity contribution is 5.79. The molecule has 2 rings (SSSR count). The number of primary amides is 1. The Hall–Kier alpha value is -1.56. The Morgan fingerprint density at radius 2 is 2.22 bits per heavy atom. The van der Waals surface area contributed by atoms with Crippen molar-refractivity contribution >= 4 is 11.7 Å². The van der Waals surface area contributed by atoms with E-state index in [-0.39, 0.29) is 11.9 Å². The molecule has 2 heterocycles. The van der Waals surface area contributed by atoms with Gasteiger partial charge in [0.05, 0.1) is 11.7 Å². The van der Waals surface area contributed by atoms with Crippen LogP contribution in [-0.4, -0.2) is 33.2 Å². The molecule has 1 atom stereocenters. The number of hydrogen-bond acceptors (Lipinski definition) is 4. The van der Waals surface area contributed by atoms with E-state index in [0.29, 0.717) is 12.4 Å².